The van der Waals surface area contributed by atoms with E-state index in [1.165, 1.54) is 17.0 Å². The minimum Gasteiger partial charge on any atom is -0.341 e. The molecule has 1 unspecified atom stereocenters. The molecule has 1 saturated heterocycles. The summed E-state index contributed by atoms with van der Waals surface area (Å²) in [6, 6.07) is 14.1. The van der Waals surface area contributed by atoms with Crippen LogP contribution in [0.4, 0.5) is 4.39 Å². The molecule has 0 saturated carbocycles. The molecule has 0 radical (unpaired) electrons. The lowest BCUT2D eigenvalue weighted by atomic mass is 9.98. The van der Waals surface area contributed by atoms with Crippen LogP contribution in [0.3, 0.4) is 0 Å². The third kappa shape index (κ3) is 5.62. The molecule has 2 heterocycles. The van der Waals surface area contributed by atoms with Gasteiger partial charge in [-0.15, -0.1) is 0 Å². The average Bonchev–Trinajstić information content (AvgIpc) is 3.30. The Kier molecular flexibility index (Phi) is 6.51. The predicted molar refractivity (Wildman–Crippen MR) is 117 cm³/mol. The van der Waals surface area contributed by atoms with Crippen LogP contribution in [0.5, 0.6) is 0 Å². The molecule has 1 amide bonds. The zero-order chi connectivity index (χ0) is 23.4. The summed E-state index contributed by atoms with van der Waals surface area (Å²) >= 11 is 0. The van der Waals surface area contributed by atoms with E-state index in [4.69, 9.17) is 9.78 Å². The van der Waals surface area contributed by atoms with Crippen molar-refractivity contribution in [1.82, 2.24) is 15.0 Å². The average molecular weight is 469 g/mol. The van der Waals surface area contributed by atoms with E-state index < -0.39 is 27.3 Å². The summed E-state index contributed by atoms with van der Waals surface area (Å²) in [7, 11) is -3.68. The Morgan fingerprint density at radius 1 is 1.24 bits per heavy atom. The SMILES string of the molecule is N#Cc1ccc(CS(=O)(=O)CC(=O)N2CCCC(c3nc(-c4cccc(F)c4)no3)C2)cc1. The summed E-state index contributed by atoms with van der Waals surface area (Å²) in [6.45, 7) is 0.725. The molecule has 0 aliphatic carbocycles. The Morgan fingerprint density at radius 2 is 2.03 bits per heavy atom. The zero-order valence-corrected chi connectivity index (χ0v) is 18.5. The van der Waals surface area contributed by atoms with Gasteiger partial charge in [0.25, 0.3) is 0 Å². The van der Waals surface area contributed by atoms with Crippen LogP contribution in [0.2, 0.25) is 0 Å². The number of aromatic nitrogens is 2. The van der Waals surface area contributed by atoms with Crippen LogP contribution < -0.4 is 0 Å². The molecule has 1 atom stereocenters. The van der Waals surface area contributed by atoms with E-state index in [1.54, 1.807) is 36.4 Å². The maximum absolute atomic E-state index is 13.5. The first kappa shape index (κ1) is 22.6. The third-order valence-electron chi connectivity index (χ3n) is 5.46. The van der Waals surface area contributed by atoms with Gasteiger partial charge in [-0.25, -0.2) is 12.8 Å². The lowest BCUT2D eigenvalue weighted by Crippen LogP contribution is -2.42. The Hall–Kier alpha value is -3.58. The summed E-state index contributed by atoms with van der Waals surface area (Å²) in [6.07, 6.45) is 1.39. The van der Waals surface area contributed by atoms with Crippen LogP contribution in [-0.2, 0) is 20.4 Å². The van der Waals surface area contributed by atoms with Crippen molar-refractivity contribution in [3.8, 4) is 17.5 Å². The molecule has 8 nitrogen and oxygen atoms in total. The smallest absolute Gasteiger partial charge is 0.237 e. The van der Waals surface area contributed by atoms with Crippen molar-refractivity contribution in [2.75, 3.05) is 18.8 Å². The number of carbonyl (C=O) groups is 1. The molecule has 0 spiro atoms. The highest BCUT2D eigenvalue weighted by atomic mass is 32.2. The van der Waals surface area contributed by atoms with Gasteiger partial charge in [0.2, 0.25) is 17.6 Å². The van der Waals surface area contributed by atoms with Crippen molar-refractivity contribution in [3.05, 3.63) is 71.4 Å². The van der Waals surface area contributed by atoms with E-state index in [0.29, 0.717) is 42.0 Å². The molecular formula is C23H21FN4O4S. The molecule has 10 heteroatoms. The number of rotatable bonds is 6. The summed E-state index contributed by atoms with van der Waals surface area (Å²) < 4.78 is 44.0. The Morgan fingerprint density at radius 3 is 2.76 bits per heavy atom. The summed E-state index contributed by atoms with van der Waals surface area (Å²) in [4.78, 5) is 18.6. The standard InChI is InChI=1S/C23H21FN4O4S/c24-20-5-1-3-18(11-20)22-26-23(32-27-22)19-4-2-10-28(13-19)21(29)15-33(30,31)14-17-8-6-16(12-25)7-9-17/h1,3,5-9,11,19H,2,4,10,13-15H2. The number of nitrogens with zero attached hydrogens (tertiary/aromatic N) is 4. The number of amides is 1. The van der Waals surface area contributed by atoms with Crippen molar-refractivity contribution in [1.29, 1.82) is 5.26 Å². The predicted octanol–water partition coefficient (Wildman–Crippen LogP) is 3.07. The lowest BCUT2D eigenvalue weighted by molar-refractivity contribution is -0.129. The van der Waals surface area contributed by atoms with Crippen molar-refractivity contribution >= 4 is 15.7 Å². The molecule has 170 valence electrons. The van der Waals surface area contributed by atoms with E-state index >= 15 is 0 Å². The minimum absolute atomic E-state index is 0.223. The zero-order valence-electron chi connectivity index (χ0n) is 17.6. The first-order chi connectivity index (χ1) is 15.8. The van der Waals surface area contributed by atoms with Crippen molar-refractivity contribution < 1.29 is 22.1 Å². The first-order valence-electron chi connectivity index (χ1n) is 10.4. The lowest BCUT2D eigenvalue weighted by Gasteiger charge is -2.31. The van der Waals surface area contributed by atoms with Gasteiger partial charge in [-0.2, -0.15) is 10.2 Å². The fourth-order valence-corrected chi connectivity index (χ4v) is 5.17. The van der Waals surface area contributed by atoms with Gasteiger partial charge in [-0.3, -0.25) is 4.79 Å². The van der Waals surface area contributed by atoms with E-state index in [1.807, 2.05) is 6.07 Å². The Labute approximate surface area is 190 Å². The minimum atomic E-state index is -3.68. The number of hydrogen-bond acceptors (Lipinski definition) is 7. The van der Waals surface area contributed by atoms with Gasteiger partial charge in [0.15, 0.2) is 9.84 Å². The van der Waals surface area contributed by atoms with E-state index in [0.717, 1.165) is 0 Å². The number of hydrogen-bond donors (Lipinski definition) is 0. The van der Waals surface area contributed by atoms with Gasteiger partial charge >= 0.3 is 0 Å². The molecule has 4 rings (SSSR count). The van der Waals surface area contributed by atoms with Crippen LogP contribution in [0.15, 0.2) is 53.1 Å². The fraction of sp³-hybridized carbons (Fsp3) is 0.304. The molecule has 33 heavy (non-hydrogen) atoms. The second-order valence-electron chi connectivity index (χ2n) is 7.99. The second-order valence-corrected chi connectivity index (χ2v) is 10.1. The summed E-state index contributed by atoms with van der Waals surface area (Å²) in [5, 5.41) is 12.8. The molecule has 1 aliphatic rings. The van der Waals surface area contributed by atoms with E-state index in [-0.39, 0.29) is 24.0 Å². The quantitative estimate of drug-likeness (QED) is 0.546. The molecule has 1 aromatic heterocycles. The van der Waals surface area contributed by atoms with Crippen molar-refractivity contribution in [2.45, 2.75) is 24.5 Å². The van der Waals surface area contributed by atoms with Gasteiger partial charge in [0.05, 0.1) is 23.3 Å². The van der Waals surface area contributed by atoms with E-state index in [2.05, 4.69) is 10.1 Å². The number of benzene rings is 2. The number of sulfone groups is 1. The molecule has 1 fully saturated rings. The van der Waals surface area contributed by atoms with Gasteiger partial charge in [-0.05, 0) is 42.7 Å². The number of carbonyl (C=O) groups excluding carboxylic acids is 1. The van der Waals surface area contributed by atoms with Gasteiger partial charge < -0.3 is 9.42 Å². The third-order valence-corrected chi connectivity index (χ3v) is 6.92. The van der Waals surface area contributed by atoms with E-state index in [9.17, 15) is 17.6 Å². The molecule has 1 aliphatic heterocycles. The number of piperidine rings is 1. The van der Waals surface area contributed by atoms with Gasteiger partial charge in [0.1, 0.15) is 11.6 Å². The molecule has 3 aromatic rings. The number of halogens is 1. The maximum atomic E-state index is 13.5. The van der Waals surface area contributed by atoms with Crippen LogP contribution in [0.25, 0.3) is 11.4 Å². The summed E-state index contributed by atoms with van der Waals surface area (Å²) in [5.74, 6) is -1.38. The van der Waals surface area contributed by atoms with Crippen molar-refractivity contribution in [2.24, 2.45) is 0 Å². The molecule has 2 aromatic carbocycles. The first-order valence-corrected chi connectivity index (χ1v) is 12.2. The highest BCUT2D eigenvalue weighted by molar-refractivity contribution is 7.91. The highest BCUT2D eigenvalue weighted by Crippen LogP contribution is 2.28. The number of nitriles is 1. The topological polar surface area (TPSA) is 117 Å². The van der Waals surface area contributed by atoms with Crippen molar-refractivity contribution in [3.63, 3.8) is 0 Å². The highest BCUT2D eigenvalue weighted by Gasteiger charge is 2.30. The largest absolute Gasteiger partial charge is 0.341 e. The van der Waals surface area contributed by atoms with Crippen LogP contribution in [-0.4, -0.2) is 48.2 Å². The normalized spacial score (nSPS) is 16.4. The monoisotopic (exact) mass is 468 g/mol. The maximum Gasteiger partial charge on any atom is 0.237 e. The summed E-state index contributed by atoms with van der Waals surface area (Å²) in [5.41, 5.74) is 1.45. The van der Waals surface area contributed by atoms with Crippen LogP contribution in [0.1, 0.15) is 35.8 Å². The van der Waals surface area contributed by atoms with Crippen LogP contribution in [0, 0.1) is 17.1 Å². The Balaban J connectivity index is 1.39. The van der Waals surface area contributed by atoms with Crippen LogP contribution >= 0.6 is 0 Å². The van der Waals surface area contributed by atoms with Gasteiger partial charge in [-0.1, -0.05) is 29.4 Å². The molecule has 0 N–H and O–H groups in total. The Bertz CT molecular complexity index is 1300. The second kappa shape index (κ2) is 9.50. The van der Waals surface area contributed by atoms with Gasteiger partial charge in [0, 0.05) is 18.7 Å². The molecular weight excluding hydrogens is 447 g/mol. The fourth-order valence-electron chi connectivity index (χ4n) is 3.81. The molecule has 0 bridgehead atoms. The number of likely N-dealkylation sites (tertiary alicyclic amines) is 1.